The summed E-state index contributed by atoms with van der Waals surface area (Å²) in [6, 6.07) is 6.51. The molecule has 0 bridgehead atoms. The number of nitrogens with zero attached hydrogens (tertiary/aromatic N) is 3. The minimum absolute atomic E-state index is 0.0380. The van der Waals surface area contributed by atoms with E-state index in [9.17, 15) is 14.3 Å². The maximum Gasteiger partial charge on any atom is 0.233 e. The highest BCUT2D eigenvalue weighted by Crippen LogP contribution is 2.21. The zero-order valence-electron chi connectivity index (χ0n) is 13.9. The molecule has 1 aromatic heterocycles. The average molecular weight is 351 g/mol. The van der Waals surface area contributed by atoms with Crippen LogP contribution in [-0.2, 0) is 17.9 Å². The van der Waals surface area contributed by atoms with Gasteiger partial charge in [0.25, 0.3) is 0 Å². The van der Waals surface area contributed by atoms with Crippen molar-refractivity contribution in [3.05, 3.63) is 47.5 Å². The highest BCUT2D eigenvalue weighted by Gasteiger charge is 2.15. The standard InChI is InChI=1S/C17H22FN3O2S/c1-3-20(4-2)16(23)12-24-17-19-9-14(11-22)21(17)10-13-7-5-6-8-15(13)18/h5-9,22H,3-4,10-12H2,1-2H3. The van der Waals surface area contributed by atoms with Gasteiger partial charge in [-0.05, 0) is 19.9 Å². The molecule has 0 saturated carbocycles. The van der Waals surface area contributed by atoms with E-state index in [0.717, 1.165) is 0 Å². The topological polar surface area (TPSA) is 58.4 Å². The van der Waals surface area contributed by atoms with Crippen molar-refractivity contribution in [1.29, 1.82) is 0 Å². The molecule has 0 aliphatic carbocycles. The lowest BCUT2D eigenvalue weighted by molar-refractivity contribution is -0.127. The molecule has 1 aromatic carbocycles. The van der Waals surface area contributed by atoms with Crippen LogP contribution in [-0.4, -0.2) is 44.3 Å². The van der Waals surface area contributed by atoms with Crippen molar-refractivity contribution in [3.8, 4) is 0 Å². The maximum absolute atomic E-state index is 13.9. The summed E-state index contributed by atoms with van der Waals surface area (Å²) in [6.07, 6.45) is 1.56. The number of hydrogen-bond acceptors (Lipinski definition) is 4. The Balaban J connectivity index is 2.15. The number of carbonyl (C=O) groups excluding carboxylic acids is 1. The van der Waals surface area contributed by atoms with E-state index in [2.05, 4.69) is 4.98 Å². The van der Waals surface area contributed by atoms with Gasteiger partial charge in [0.2, 0.25) is 5.91 Å². The molecule has 130 valence electrons. The number of imidazole rings is 1. The summed E-state index contributed by atoms with van der Waals surface area (Å²) in [5.41, 5.74) is 1.11. The Morgan fingerprint density at radius 3 is 2.67 bits per heavy atom. The predicted octanol–water partition coefficient (Wildman–Crippen LogP) is 2.52. The van der Waals surface area contributed by atoms with Crippen LogP contribution in [0.2, 0.25) is 0 Å². The van der Waals surface area contributed by atoms with Crippen LogP contribution in [0.15, 0.2) is 35.6 Å². The van der Waals surface area contributed by atoms with Gasteiger partial charge in [-0.25, -0.2) is 9.37 Å². The van der Waals surface area contributed by atoms with Gasteiger partial charge < -0.3 is 14.6 Å². The Bertz CT molecular complexity index is 686. The molecule has 7 heteroatoms. The van der Waals surface area contributed by atoms with E-state index in [4.69, 9.17) is 0 Å². The summed E-state index contributed by atoms with van der Waals surface area (Å²) >= 11 is 1.30. The van der Waals surface area contributed by atoms with Crippen molar-refractivity contribution in [2.45, 2.75) is 32.2 Å². The summed E-state index contributed by atoms with van der Waals surface area (Å²) in [5.74, 6) is 0.00198. The zero-order chi connectivity index (χ0) is 17.5. The number of aliphatic hydroxyl groups is 1. The van der Waals surface area contributed by atoms with Crippen LogP contribution in [0, 0.1) is 5.82 Å². The Labute approximate surface area is 145 Å². The third-order valence-electron chi connectivity index (χ3n) is 3.79. The summed E-state index contributed by atoms with van der Waals surface area (Å²) in [7, 11) is 0. The molecule has 0 aliphatic rings. The first-order valence-corrected chi connectivity index (χ1v) is 8.88. The molecule has 0 radical (unpaired) electrons. The van der Waals surface area contributed by atoms with Gasteiger partial charge in [-0.2, -0.15) is 0 Å². The zero-order valence-corrected chi connectivity index (χ0v) is 14.7. The first-order chi connectivity index (χ1) is 11.6. The van der Waals surface area contributed by atoms with E-state index < -0.39 is 0 Å². The molecular weight excluding hydrogens is 329 g/mol. The largest absolute Gasteiger partial charge is 0.390 e. The van der Waals surface area contributed by atoms with Crippen LogP contribution >= 0.6 is 11.8 Å². The minimum Gasteiger partial charge on any atom is -0.390 e. The molecular formula is C17H22FN3O2S. The Hall–Kier alpha value is -1.86. The second-order valence-corrected chi connectivity index (χ2v) is 6.16. The van der Waals surface area contributed by atoms with E-state index >= 15 is 0 Å². The van der Waals surface area contributed by atoms with Gasteiger partial charge in [0, 0.05) is 18.7 Å². The van der Waals surface area contributed by atoms with Crippen LogP contribution < -0.4 is 0 Å². The third-order valence-corrected chi connectivity index (χ3v) is 4.77. The monoisotopic (exact) mass is 351 g/mol. The van der Waals surface area contributed by atoms with Gasteiger partial charge in [-0.3, -0.25) is 4.79 Å². The summed E-state index contributed by atoms with van der Waals surface area (Å²) in [4.78, 5) is 18.2. The third kappa shape index (κ3) is 4.36. The normalized spacial score (nSPS) is 10.8. The van der Waals surface area contributed by atoms with Crippen molar-refractivity contribution >= 4 is 17.7 Å². The molecule has 0 spiro atoms. The Kier molecular flexibility index (Phi) is 6.81. The van der Waals surface area contributed by atoms with Crippen molar-refractivity contribution in [3.63, 3.8) is 0 Å². The Morgan fingerprint density at radius 1 is 1.33 bits per heavy atom. The van der Waals surface area contributed by atoms with E-state index in [-0.39, 0.29) is 30.6 Å². The quantitative estimate of drug-likeness (QED) is 0.743. The lowest BCUT2D eigenvalue weighted by Crippen LogP contribution is -2.32. The fourth-order valence-corrected chi connectivity index (χ4v) is 3.29. The van der Waals surface area contributed by atoms with Gasteiger partial charge in [0.05, 0.1) is 30.8 Å². The molecule has 24 heavy (non-hydrogen) atoms. The number of carbonyl (C=O) groups is 1. The molecule has 0 fully saturated rings. The highest BCUT2D eigenvalue weighted by molar-refractivity contribution is 7.99. The number of halogens is 1. The van der Waals surface area contributed by atoms with Crippen molar-refractivity contribution < 1.29 is 14.3 Å². The van der Waals surface area contributed by atoms with E-state index in [1.165, 1.54) is 17.8 Å². The molecule has 1 heterocycles. The van der Waals surface area contributed by atoms with Crippen LogP contribution in [0.5, 0.6) is 0 Å². The molecule has 0 aliphatic heterocycles. The fourth-order valence-electron chi connectivity index (χ4n) is 2.39. The number of rotatable bonds is 8. The van der Waals surface area contributed by atoms with Gasteiger partial charge in [-0.1, -0.05) is 30.0 Å². The number of benzene rings is 1. The molecule has 0 atom stereocenters. The first kappa shape index (κ1) is 18.5. The van der Waals surface area contributed by atoms with Crippen LogP contribution in [0.1, 0.15) is 25.1 Å². The molecule has 1 amide bonds. The minimum atomic E-state index is -0.301. The van der Waals surface area contributed by atoms with Crippen LogP contribution in [0.3, 0.4) is 0 Å². The maximum atomic E-state index is 13.9. The van der Waals surface area contributed by atoms with E-state index in [0.29, 0.717) is 29.5 Å². The summed E-state index contributed by atoms with van der Waals surface area (Å²) < 4.78 is 15.6. The van der Waals surface area contributed by atoms with Crippen LogP contribution in [0.25, 0.3) is 0 Å². The van der Waals surface area contributed by atoms with Crippen molar-refractivity contribution in [2.75, 3.05) is 18.8 Å². The lowest BCUT2D eigenvalue weighted by Gasteiger charge is -2.18. The molecule has 1 N–H and O–H groups in total. The van der Waals surface area contributed by atoms with Crippen molar-refractivity contribution in [2.24, 2.45) is 0 Å². The number of thioether (sulfide) groups is 1. The van der Waals surface area contributed by atoms with Crippen LogP contribution in [0.4, 0.5) is 4.39 Å². The van der Waals surface area contributed by atoms with E-state index in [1.807, 2.05) is 13.8 Å². The van der Waals surface area contributed by atoms with Gasteiger partial charge >= 0.3 is 0 Å². The summed E-state index contributed by atoms with van der Waals surface area (Å²) in [6.45, 7) is 5.30. The molecule has 2 aromatic rings. The second kappa shape index (κ2) is 8.84. The highest BCUT2D eigenvalue weighted by atomic mass is 32.2. The average Bonchev–Trinajstić information content (AvgIpc) is 2.98. The van der Waals surface area contributed by atoms with Gasteiger partial charge in [0.1, 0.15) is 5.82 Å². The molecule has 0 unspecified atom stereocenters. The lowest BCUT2D eigenvalue weighted by atomic mass is 10.2. The molecule has 2 rings (SSSR count). The predicted molar refractivity (Wildman–Crippen MR) is 92.3 cm³/mol. The van der Waals surface area contributed by atoms with Gasteiger partial charge in [-0.15, -0.1) is 0 Å². The second-order valence-electron chi connectivity index (χ2n) is 5.22. The number of aromatic nitrogens is 2. The fraction of sp³-hybridized carbons (Fsp3) is 0.412. The van der Waals surface area contributed by atoms with E-state index in [1.54, 1.807) is 33.9 Å². The molecule has 5 nitrogen and oxygen atoms in total. The SMILES string of the molecule is CCN(CC)C(=O)CSc1ncc(CO)n1Cc1ccccc1F. The Morgan fingerprint density at radius 2 is 2.04 bits per heavy atom. The van der Waals surface area contributed by atoms with Crippen molar-refractivity contribution in [1.82, 2.24) is 14.5 Å². The van der Waals surface area contributed by atoms with Gasteiger partial charge in [0.15, 0.2) is 5.16 Å². The number of aliphatic hydroxyl groups excluding tert-OH is 1. The summed E-state index contributed by atoms with van der Waals surface area (Å²) in [5, 5.41) is 10.1. The first-order valence-electron chi connectivity index (χ1n) is 7.89. The number of amides is 1. The smallest absolute Gasteiger partial charge is 0.233 e. The number of hydrogen-bond donors (Lipinski definition) is 1. The molecule has 0 saturated heterocycles.